The van der Waals surface area contributed by atoms with E-state index >= 15 is 0 Å². The number of aromatic nitrogens is 4. The van der Waals surface area contributed by atoms with Crippen molar-refractivity contribution in [3.63, 3.8) is 0 Å². The van der Waals surface area contributed by atoms with Crippen molar-refractivity contribution >= 4 is 38.6 Å². The topological polar surface area (TPSA) is 63.9 Å². The predicted molar refractivity (Wildman–Crippen MR) is 121 cm³/mol. The van der Waals surface area contributed by atoms with E-state index in [9.17, 15) is 4.79 Å². The van der Waals surface area contributed by atoms with Crippen molar-refractivity contribution in [3.8, 4) is 10.6 Å². The number of thiazole rings is 1. The number of nitrogens with zero attached hydrogens (tertiary/aromatic N) is 5. The number of benzene rings is 1. The Bertz CT molecular complexity index is 1250. The van der Waals surface area contributed by atoms with Crippen LogP contribution in [0.15, 0.2) is 36.8 Å². The molecule has 5 rings (SSSR count). The molecule has 6 nitrogen and oxygen atoms in total. The summed E-state index contributed by atoms with van der Waals surface area (Å²) in [6.45, 7) is 5.79. The highest BCUT2D eigenvalue weighted by Crippen LogP contribution is 2.35. The zero-order valence-electron chi connectivity index (χ0n) is 17.6. The average molecular weight is 420 g/mol. The number of piperidine rings is 1. The van der Waals surface area contributed by atoms with E-state index in [2.05, 4.69) is 28.2 Å². The van der Waals surface area contributed by atoms with E-state index in [1.165, 1.54) is 6.42 Å². The number of likely N-dealkylation sites (tertiary alicyclic amines) is 1. The Morgan fingerprint density at radius 1 is 1.13 bits per heavy atom. The van der Waals surface area contributed by atoms with Crippen molar-refractivity contribution in [1.29, 1.82) is 0 Å². The molecule has 1 saturated heterocycles. The third kappa shape index (κ3) is 3.08. The minimum atomic E-state index is -0.572. The Labute approximate surface area is 179 Å². The van der Waals surface area contributed by atoms with Crippen molar-refractivity contribution in [2.24, 2.45) is 7.05 Å². The van der Waals surface area contributed by atoms with Gasteiger partial charge >= 0.3 is 0 Å². The molecule has 0 aliphatic carbocycles. The number of amides is 1. The molecule has 1 aliphatic rings. The van der Waals surface area contributed by atoms with E-state index < -0.39 is 5.41 Å². The monoisotopic (exact) mass is 419 g/mol. The van der Waals surface area contributed by atoms with Crippen molar-refractivity contribution in [3.05, 3.63) is 42.4 Å². The molecule has 1 aromatic carbocycles. The molecule has 0 bridgehead atoms. The van der Waals surface area contributed by atoms with Crippen molar-refractivity contribution in [1.82, 2.24) is 24.4 Å². The van der Waals surface area contributed by atoms with Crippen LogP contribution in [0.4, 0.5) is 0 Å². The highest BCUT2D eigenvalue weighted by atomic mass is 32.1. The van der Waals surface area contributed by atoms with Crippen molar-refractivity contribution in [2.45, 2.75) is 38.5 Å². The summed E-state index contributed by atoms with van der Waals surface area (Å²) in [6.07, 6.45) is 7.01. The number of fused-ring (bicyclic) bond motifs is 3. The van der Waals surface area contributed by atoms with Crippen LogP contribution in [-0.4, -0.2) is 43.4 Å². The molecule has 0 unspecified atom stereocenters. The van der Waals surface area contributed by atoms with Gasteiger partial charge in [-0.2, -0.15) is 0 Å². The van der Waals surface area contributed by atoms with Crippen LogP contribution in [0.3, 0.4) is 0 Å². The van der Waals surface area contributed by atoms with Crippen molar-refractivity contribution < 1.29 is 4.79 Å². The molecule has 0 radical (unpaired) electrons. The average Bonchev–Trinajstić information content (AvgIpc) is 3.37. The fourth-order valence-corrected chi connectivity index (χ4v) is 5.19. The Balaban J connectivity index is 1.54. The molecule has 0 spiro atoms. The molecular weight excluding hydrogens is 394 g/mol. The van der Waals surface area contributed by atoms with Gasteiger partial charge in [0, 0.05) is 25.7 Å². The van der Waals surface area contributed by atoms with Crippen LogP contribution < -0.4 is 0 Å². The summed E-state index contributed by atoms with van der Waals surface area (Å²) in [6, 6.07) is 8.24. The number of aryl methyl sites for hydroxylation is 1. The van der Waals surface area contributed by atoms with Gasteiger partial charge in [-0.05, 0) is 44.7 Å². The normalized spacial score (nSPS) is 15.2. The number of rotatable bonds is 3. The Kier molecular flexibility index (Phi) is 4.58. The summed E-state index contributed by atoms with van der Waals surface area (Å²) in [4.78, 5) is 30.0. The van der Waals surface area contributed by atoms with E-state index in [1.54, 1.807) is 23.9 Å². The summed E-state index contributed by atoms with van der Waals surface area (Å²) < 4.78 is 1.99. The van der Waals surface area contributed by atoms with E-state index in [0.29, 0.717) is 0 Å². The van der Waals surface area contributed by atoms with Gasteiger partial charge in [-0.3, -0.25) is 4.79 Å². The van der Waals surface area contributed by atoms with Crippen LogP contribution in [0.5, 0.6) is 0 Å². The Morgan fingerprint density at radius 3 is 2.73 bits per heavy atom. The van der Waals surface area contributed by atoms with Gasteiger partial charge in [0.25, 0.3) is 0 Å². The quantitative estimate of drug-likeness (QED) is 0.489. The Morgan fingerprint density at radius 2 is 1.93 bits per heavy atom. The van der Waals surface area contributed by atoms with E-state index in [-0.39, 0.29) is 5.91 Å². The van der Waals surface area contributed by atoms with Crippen LogP contribution in [-0.2, 0) is 17.3 Å². The molecule has 0 saturated carbocycles. The molecule has 1 fully saturated rings. The second-order valence-electron chi connectivity index (χ2n) is 8.58. The van der Waals surface area contributed by atoms with Gasteiger partial charge < -0.3 is 9.47 Å². The van der Waals surface area contributed by atoms with Gasteiger partial charge in [-0.1, -0.05) is 29.5 Å². The maximum Gasteiger partial charge on any atom is 0.232 e. The summed E-state index contributed by atoms with van der Waals surface area (Å²) in [7, 11) is 1.98. The van der Waals surface area contributed by atoms with Crippen LogP contribution in [0.2, 0.25) is 0 Å². The largest absolute Gasteiger partial charge is 0.342 e. The molecule has 3 aromatic heterocycles. The molecule has 7 heteroatoms. The zero-order chi connectivity index (χ0) is 20.9. The molecule has 30 heavy (non-hydrogen) atoms. The second kappa shape index (κ2) is 7.16. The van der Waals surface area contributed by atoms with Gasteiger partial charge in [0.05, 0.1) is 23.5 Å². The van der Waals surface area contributed by atoms with E-state index in [1.807, 2.05) is 36.4 Å². The Hall–Kier alpha value is -2.80. The lowest BCUT2D eigenvalue weighted by atomic mass is 9.82. The van der Waals surface area contributed by atoms with Gasteiger partial charge in [0.2, 0.25) is 5.91 Å². The number of pyridine rings is 1. The lowest BCUT2D eigenvalue weighted by Crippen LogP contribution is -2.45. The molecule has 1 aliphatic heterocycles. The molecule has 4 aromatic rings. The minimum absolute atomic E-state index is 0.210. The predicted octanol–water partition coefficient (Wildman–Crippen LogP) is 4.54. The second-order valence-corrected chi connectivity index (χ2v) is 9.56. The first-order valence-electron chi connectivity index (χ1n) is 10.4. The van der Waals surface area contributed by atoms with Gasteiger partial charge in [0.15, 0.2) is 0 Å². The van der Waals surface area contributed by atoms with E-state index in [0.717, 1.165) is 63.4 Å². The SMILES string of the molecule is Cn1cnc2cnc3sc(-c4cccc(C(C)(C)C(=O)N5CCCCC5)c4)nc3c21. The summed E-state index contributed by atoms with van der Waals surface area (Å²) in [5.41, 5.74) is 4.20. The smallest absolute Gasteiger partial charge is 0.232 e. The van der Waals surface area contributed by atoms with Crippen LogP contribution in [0.1, 0.15) is 38.7 Å². The number of hydrogen-bond acceptors (Lipinski definition) is 5. The lowest BCUT2D eigenvalue weighted by Gasteiger charge is -2.34. The standard InChI is InChI=1S/C23H25N5OS/c1-23(2,22(29)28-10-5-4-6-11-28)16-9-7-8-15(12-16)20-26-18-19-17(25-14-27(19)3)13-24-21(18)30-20/h7-9,12-14H,4-6,10-11H2,1-3H3. The van der Waals surface area contributed by atoms with Crippen LogP contribution in [0, 0.1) is 0 Å². The number of carbonyl (C=O) groups is 1. The first-order chi connectivity index (χ1) is 14.4. The fraction of sp³-hybridized carbons (Fsp3) is 0.391. The summed E-state index contributed by atoms with van der Waals surface area (Å²) in [5, 5.41) is 0.911. The first kappa shape index (κ1) is 19.2. The maximum atomic E-state index is 13.3. The summed E-state index contributed by atoms with van der Waals surface area (Å²) >= 11 is 1.57. The molecule has 0 atom stereocenters. The summed E-state index contributed by atoms with van der Waals surface area (Å²) in [5.74, 6) is 0.210. The highest BCUT2D eigenvalue weighted by molar-refractivity contribution is 7.21. The molecular formula is C23H25N5OS. The molecule has 0 N–H and O–H groups in total. The minimum Gasteiger partial charge on any atom is -0.342 e. The number of hydrogen-bond donors (Lipinski definition) is 0. The van der Waals surface area contributed by atoms with Gasteiger partial charge in [-0.15, -0.1) is 0 Å². The lowest BCUT2D eigenvalue weighted by molar-refractivity contribution is -0.137. The van der Waals surface area contributed by atoms with Crippen LogP contribution in [0.25, 0.3) is 32.0 Å². The molecule has 4 heterocycles. The third-order valence-electron chi connectivity index (χ3n) is 6.11. The fourth-order valence-electron chi connectivity index (χ4n) is 4.29. The maximum absolute atomic E-state index is 13.3. The van der Waals surface area contributed by atoms with Gasteiger partial charge in [-0.25, -0.2) is 15.0 Å². The number of carbonyl (C=O) groups excluding carboxylic acids is 1. The third-order valence-corrected chi connectivity index (χ3v) is 7.12. The van der Waals surface area contributed by atoms with Crippen LogP contribution >= 0.6 is 11.3 Å². The zero-order valence-corrected chi connectivity index (χ0v) is 18.4. The van der Waals surface area contributed by atoms with Gasteiger partial charge in [0.1, 0.15) is 20.9 Å². The first-order valence-corrected chi connectivity index (χ1v) is 11.2. The number of imidazole rings is 1. The van der Waals surface area contributed by atoms with Crippen molar-refractivity contribution in [2.75, 3.05) is 13.1 Å². The van der Waals surface area contributed by atoms with E-state index in [4.69, 9.17) is 4.98 Å². The molecule has 1 amide bonds. The molecule has 154 valence electrons. The highest BCUT2D eigenvalue weighted by Gasteiger charge is 2.34.